The summed E-state index contributed by atoms with van der Waals surface area (Å²) in [6, 6.07) is 4.60. The predicted molar refractivity (Wildman–Crippen MR) is 138 cm³/mol. The molecule has 3 saturated heterocycles. The molecule has 1 spiro atoms. The highest BCUT2D eigenvalue weighted by atomic mass is 19.4. The number of rotatable bonds is 3. The first-order valence-corrected chi connectivity index (χ1v) is 13.4. The van der Waals surface area contributed by atoms with E-state index >= 15 is 0 Å². The van der Waals surface area contributed by atoms with Gasteiger partial charge in [-0.1, -0.05) is 5.21 Å². The van der Waals surface area contributed by atoms with Gasteiger partial charge in [0.2, 0.25) is 11.8 Å². The molecule has 2 atom stereocenters. The van der Waals surface area contributed by atoms with Crippen LogP contribution in [0, 0.1) is 0 Å². The van der Waals surface area contributed by atoms with E-state index in [2.05, 4.69) is 27.6 Å². The summed E-state index contributed by atoms with van der Waals surface area (Å²) in [6.07, 6.45) is -2.07. The van der Waals surface area contributed by atoms with Gasteiger partial charge in [0.05, 0.1) is 24.0 Å². The van der Waals surface area contributed by atoms with Crippen molar-refractivity contribution in [1.29, 1.82) is 0 Å². The average Bonchev–Trinajstić information content (AvgIpc) is 3.70. The number of nitrogens with zero attached hydrogens (tertiary/aromatic N) is 6. The molecule has 4 aliphatic heterocycles. The zero-order chi connectivity index (χ0) is 31.1. The third kappa shape index (κ3) is 5.94. The number of piperidine rings is 1. The van der Waals surface area contributed by atoms with E-state index in [4.69, 9.17) is 14.6 Å². The Morgan fingerprint density at radius 1 is 1.19 bits per heavy atom. The Kier molecular flexibility index (Phi) is 7.95. The number of hydrogen-bond acceptors (Lipinski definition) is 9. The fraction of sp³-hybridized carbons (Fsp3) is 0.500. The number of halogens is 3. The Bertz CT molecular complexity index is 1470. The van der Waals surface area contributed by atoms with Crippen molar-refractivity contribution in [2.45, 2.75) is 43.6 Å². The van der Waals surface area contributed by atoms with Gasteiger partial charge >= 0.3 is 12.1 Å². The second kappa shape index (κ2) is 11.4. The van der Waals surface area contributed by atoms with E-state index in [-0.39, 0.29) is 41.9 Å². The number of carbonyl (C=O) groups is 5. The summed E-state index contributed by atoms with van der Waals surface area (Å²) in [7, 11) is 2.08. The summed E-state index contributed by atoms with van der Waals surface area (Å²) in [4.78, 5) is 64.4. The standard InChI is InChI=1S/C24H27N7O5.C2HF3O2/c1-28-7-8-29(13-24(28)6-9-36-14-24)23(35)18-12-31(27-26-18)16-2-3-17-15(10-16)11-30(22(17)34)19-4-5-20(32)25-21(19)33;3-2(4,5)1(6)7/h2-3,10,12,19H,4-9,11,13-14H2,1H3,(H,25,32,33);(H,6,7). The summed E-state index contributed by atoms with van der Waals surface area (Å²) < 4.78 is 38.9. The SMILES string of the molecule is CN1CCN(C(=O)c2cn(-c3ccc4c(c3)CN(C3CCC(=O)NC3=O)C4=O)nn2)CC12CCOC2.O=C(O)C(F)(F)F. The number of aromatic nitrogens is 3. The summed E-state index contributed by atoms with van der Waals surface area (Å²) in [5.41, 5.74) is 2.05. The summed E-state index contributed by atoms with van der Waals surface area (Å²) in [5, 5.41) is 17.7. The minimum atomic E-state index is -5.08. The number of hydrogen-bond donors (Lipinski definition) is 2. The number of likely N-dealkylation sites (N-methyl/N-ethyl adjacent to an activating group) is 1. The summed E-state index contributed by atoms with van der Waals surface area (Å²) in [5.74, 6) is -3.92. The lowest BCUT2D eigenvalue weighted by Crippen LogP contribution is -2.62. The highest BCUT2D eigenvalue weighted by Crippen LogP contribution is 2.31. The van der Waals surface area contributed by atoms with Crippen LogP contribution in [0.1, 0.15) is 45.7 Å². The molecule has 4 aliphatic rings. The molecule has 3 fully saturated rings. The van der Waals surface area contributed by atoms with Crippen LogP contribution in [0.3, 0.4) is 0 Å². The maximum atomic E-state index is 13.2. The molecule has 4 amide bonds. The normalized spacial score (nSPS) is 24.1. The molecule has 2 aromatic rings. The molecule has 17 heteroatoms. The summed E-state index contributed by atoms with van der Waals surface area (Å²) >= 11 is 0. The number of amides is 4. The minimum absolute atomic E-state index is 0.148. The first kappa shape index (κ1) is 30.1. The van der Waals surface area contributed by atoms with E-state index in [1.165, 1.54) is 9.58 Å². The van der Waals surface area contributed by atoms with Gasteiger partial charge in [0, 0.05) is 44.8 Å². The van der Waals surface area contributed by atoms with Crippen molar-refractivity contribution < 1.29 is 47.0 Å². The molecular weight excluding hydrogens is 579 g/mol. The van der Waals surface area contributed by atoms with Crippen molar-refractivity contribution in [3.8, 4) is 5.69 Å². The van der Waals surface area contributed by atoms with Crippen molar-refractivity contribution >= 4 is 29.6 Å². The number of carbonyl (C=O) groups excluding carboxylic acids is 4. The second-order valence-electron chi connectivity index (χ2n) is 10.8. The number of benzene rings is 1. The van der Waals surface area contributed by atoms with Crippen molar-refractivity contribution in [1.82, 2.24) is 35.0 Å². The molecule has 0 aliphatic carbocycles. The van der Waals surface area contributed by atoms with Crippen molar-refractivity contribution in [2.75, 3.05) is 39.9 Å². The number of fused-ring (bicyclic) bond motifs is 1. The van der Waals surface area contributed by atoms with Crippen molar-refractivity contribution in [3.63, 3.8) is 0 Å². The van der Waals surface area contributed by atoms with E-state index in [1.807, 2.05) is 11.0 Å². The molecule has 0 saturated carbocycles. The fourth-order valence-corrected chi connectivity index (χ4v) is 5.61. The van der Waals surface area contributed by atoms with E-state index in [0.717, 1.165) is 18.5 Å². The Morgan fingerprint density at radius 3 is 2.58 bits per heavy atom. The number of nitrogens with one attached hydrogen (secondary N) is 1. The van der Waals surface area contributed by atoms with Gasteiger partial charge in [-0.2, -0.15) is 13.2 Å². The van der Waals surface area contributed by atoms with Gasteiger partial charge in [0.15, 0.2) is 5.69 Å². The number of piperazine rings is 1. The maximum Gasteiger partial charge on any atom is 0.490 e. The monoisotopic (exact) mass is 607 g/mol. The molecule has 5 heterocycles. The van der Waals surface area contributed by atoms with Crippen molar-refractivity contribution in [3.05, 3.63) is 41.2 Å². The lowest BCUT2D eigenvalue weighted by molar-refractivity contribution is -0.192. The fourth-order valence-electron chi connectivity index (χ4n) is 5.61. The van der Waals surface area contributed by atoms with Gasteiger partial charge in [0.1, 0.15) is 6.04 Å². The molecular formula is C26H28F3N7O7. The molecule has 14 nitrogen and oxygen atoms in total. The van der Waals surface area contributed by atoms with Crippen LogP contribution in [0.5, 0.6) is 0 Å². The number of imide groups is 1. The predicted octanol–water partition coefficient (Wildman–Crippen LogP) is 0.208. The van der Waals surface area contributed by atoms with E-state index in [1.54, 1.807) is 18.3 Å². The van der Waals surface area contributed by atoms with Crippen LogP contribution in [0.25, 0.3) is 5.69 Å². The number of carboxylic acids is 1. The number of ether oxygens (including phenoxy) is 1. The smallest absolute Gasteiger partial charge is 0.475 e. The lowest BCUT2D eigenvalue weighted by atomic mass is 9.93. The van der Waals surface area contributed by atoms with Crippen LogP contribution < -0.4 is 5.32 Å². The molecule has 1 aromatic carbocycles. The largest absolute Gasteiger partial charge is 0.490 e. The highest BCUT2D eigenvalue weighted by molar-refractivity contribution is 6.05. The number of carboxylic acid groups (broad SMARTS) is 1. The third-order valence-electron chi connectivity index (χ3n) is 8.10. The first-order valence-electron chi connectivity index (χ1n) is 13.4. The van der Waals surface area contributed by atoms with Crippen LogP contribution >= 0.6 is 0 Å². The van der Waals surface area contributed by atoms with Crippen LogP contribution in [-0.4, -0.2) is 122 Å². The zero-order valence-electron chi connectivity index (χ0n) is 23.0. The Morgan fingerprint density at radius 2 is 1.93 bits per heavy atom. The van der Waals surface area contributed by atoms with Crippen LogP contribution in [0.15, 0.2) is 24.4 Å². The van der Waals surface area contributed by atoms with Crippen LogP contribution in [0.4, 0.5) is 13.2 Å². The van der Waals surface area contributed by atoms with Crippen molar-refractivity contribution in [2.24, 2.45) is 0 Å². The number of alkyl halides is 3. The molecule has 2 N–H and O–H groups in total. The van der Waals surface area contributed by atoms with Crippen LogP contribution in [0.2, 0.25) is 0 Å². The highest BCUT2D eigenvalue weighted by Gasteiger charge is 2.45. The Balaban J connectivity index is 0.000000472. The van der Waals surface area contributed by atoms with E-state index in [9.17, 15) is 32.3 Å². The molecule has 0 bridgehead atoms. The third-order valence-corrected chi connectivity index (χ3v) is 8.10. The van der Waals surface area contributed by atoms with Gasteiger partial charge in [-0.05, 0) is 43.7 Å². The van der Waals surface area contributed by atoms with Gasteiger partial charge < -0.3 is 19.6 Å². The first-order chi connectivity index (χ1) is 20.3. The minimum Gasteiger partial charge on any atom is -0.475 e. The van der Waals surface area contributed by atoms with E-state index < -0.39 is 24.1 Å². The zero-order valence-corrected chi connectivity index (χ0v) is 23.0. The maximum absolute atomic E-state index is 13.2. The summed E-state index contributed by atoms with van der Waals surface area (Å²) in [6.45, 7) is 3.55. The molecule has 43 heavy (non-hydrogen) atoms. The molecule has 2 unspecified atom stereocenters. The van der Waals surface area contributed by atoms with Gasteiger partial charge in [-0.25, -0.2) is 9.48 Å². The number of aliphatic carboxylic acids is 1. The lowest BCUT2D eigenvalue weighted by Gasteiger charge is -2.46. The molecule has 0 radical (unpaired) electrons. The molecule has 6 rings (SSSR count). The van der Waals surface area contributed by atoms with Gasteiger partial charge in [-0.15, -0.1) is 5.10 Å². The quantitative estimate of drug-likeness (QED) is 0.461. The second-order valence-corrected chi connectivity index (χ2v) is 10.8. The van der Waals surface area contributed by atoms with Crippen LogP contribution in [-0.2, 0) is 25.7 Å². The van der Waals surface area contributed by atoms with Gasteiger partial charge in [-0.3, -0.25) is 29.4 Å². The average molecular weight is 608 g/mol. The molecule has 1 aromatic heterocycles. The molecule has 230 valence electrons. The Hall–Kier alpha value is -4.38. The topological polar surface area (TPSA) is 167 Å². The Labute approximate surface area is 242 Å². The van der Waals surface area contributed by atoms with E-state index in [0.29, 0.717) is 44.0 Å². The van der Waals surface area contributed by atoms with Gasteiger partial charge in [0.25, 0.3) is 11.8 Å².